The Hall–Kier alpha value is -0.820. The number of piperidine rings is 1. The first-order valence-electron chi connectivity index (χ1n) is 8.37. The molecule has 1 heterocycles. The predicted octanol–water partition coefficient (Wildman–Crippen LogP) is 3.52. The lowest BCUT2D eigenvalue weighted by Gasteiger charge is -2.26. The second-order valence-corrected chi connectivity index (χ2v) is 10.2. The van der Waals surface area contributed by atoms with E-state index in [2.05, 4.69) is 0 Å². The van der Waals surface area contributed by atoms with Crippen LogP contribution >= 0.6 is 23.2 Å². The molecule has 0 bridgehead atoms. The molecule has 0 radical (unpaired) electrons. The summed E-state index contributed by atoms with van der Waals surface area (Å²) >= 11 is 11.8. The number of esters is 1. The van der Waals surface area contributed by atoms with Crippen LogP contribution in [0, 0.1) is 12.8 Å². The van der Waals surface area contributed by atoms with Gasteiger partial charge in [0.2, 0.25) is 10.0 Å². The Morgan fingerprint density at radius 1 is 1.28 bits per heavy atom. The van der Waals surface area contributed by atoms with Gasteiger partial charge in [0.1, 0.15) is 4.33 Å². The molecule has 2 fully saturated rings. The highest BCUT2D eigenvalue weighted by Crippen LogP contribution is 2.53. The Balaban J connectivity index is 1.76. The smallest absolute Gasteiger partial charge is 0.338 e. The van der Waals surface area contributed by atoms with Crippen LogP contribution in [0.3, 0.4) is 0 Å². The van der Waals surface area contributed by atoms with E-state index in [4.69, 9.17) is 27.9 Å². The lowest BCUT2D eigenvalue weighted by molar-refractivity contribution is 0.0485. The van der Waals surface area contributed by atoms with Gasteiger partial charge in [0.25, 0.3) is 0 Å². The number of sulfonamides is 1. The maximum Gasteiger partial charge on any atom is 0.338 e. The van der Waals surface area contributed by atoms with E-state index in [0.717, 1.165) is 19.3 Å². The van der Waals surface area contributed by atoms with Gasteiger partial charge >= 0.3 is 5.97 Å². The summed E-state index contributed by atoms with van der Waals surface area (Å²) < 4.78 is 31.7. The quantitative estimate of drug-likeness (QED) is 0.555. The van der Waals surface area contributed by atoms with Gasteiger partial charge in [-0.1, -0.05) is 12.5 Å². The first kappa shape index (κ1) is 19.0. The maximum atomic E-state index is 12.9. The number of alkyl halides is 2. The van der Waals surface area contributed by atoms with Crippen molar-refractivity contribution in [1.82, 2.24) is 4.31 Å². The van der Waals surface area contributed by atoms with Crippen molar-refractivity contribution in [3.8, 4) is 0 Å². The molecule has 0 aromatic heterocycles. The van der Waals surface area contributed by atoms with Crippen molar-refractivity contribution in [3.05, 3.63) is 29.3 Å². The second-order valence-electron chi connectivity index (χ2n) is 6.71. The van der Waals surface area contributed by atoms with Gasteiger partial charge in [0.05, 0.1) is 17.1 Å². The van der Waals surface area contributed by atoms with Crippen LogP contribution in [0.1, 0.15) is 41.6 Å². The molecule has 8 heteroatoms. The Labute approximate surface area is 158 Å². The third-order valence-corrected chi connectivity index (χ3v) is 7.69. The van der Waals surface area contributed by atoms with Gasteiger partial charge in [-0.3, -0.25) is 0 Å². The highest BCUT2D eigenvalue weighted by Gasteiger charge is 2.52. The molecule has 25 heavy (non-hydrogen) atoms. The SMILES string of the molecule is Cc1ccc(C(=O)OC[C@@H]2CC2(Cl)Cl)cc1S(=O)(=O)N1CCCCC1. The third kappa shape index (κ3) is 4.13. The van der Waals surface area contributed by atoms with Crippen LogP contribution in [-0.4, -0.2) is 42.7 Å². The summed E-state index contributed by atoms with van der Waals surface area (Å²) in [6.45, 7) is 2.90. The molecular formula is C17H21Cl2NO4S. The Kier molecular flexibility index (Phi) is 5.36. The summed E-state index contributed by atoms with van der Waals surface area (Å²) in [6.07, 6.45) is 3.35. The van der Waals surface area contributed by atoms with Gasteiger partial charge in [-0.05, 0) is 43.9 Å². The second kappa shape index (κ2) is 7.06. The van der Waals surface area contributed by atoms with Gasteiger partial charge in [-0.2, -0.15) is 4.31 Å². The zero-order valence-electron chi connectivity index (χ0n) is 14.0. The summed E-state index contributed by atoms with van der Waals surface area (Å²) in [5, 5.41) is 0. The molecule has 138 valence electrons. The number of hydrogen-bond donors (Lipinski definition) is 0. The van der Waals surface area contributed by atoms with Gasteiger partial charge in [0.15, 0.2) is 0 Å². The molecule has 3 rings (SSSR count). The standard InChI is InChI=1S/C17H21Cl2NO4S/c1-12-5-6-13(16(21)24-11-14-10-17(14,18)19)9-15(12)25(22,23)20-7-3-2-4-8-20/h5-6,9,14H,2-4,7-8,10-11H2,1H3/t14-/m0/s1. The highest BCUT2D eigenvalue weighted by atomic mass is 35.5. The van der Waals surface area contributed by atoms with Crippen LogP contribution in [0.5, 0.6) is 0 Å². The maximum absolute atomic E-state index is 12.9. The van der Waals surface area contributed by atoms with Gasteiger partial charge < -0.3 is 4.74 Å². The van der Waals surface area contributed by atoms with Crippen molar-refractivity contribution < 1.29 is 17.9 Å². The minimum atomic E-state index is -3.60. The van der Waals surface area contributed by atoms with E-state index in [0.29, 0.717) is 25.1 Å². The number of carbonyl (C=O) groups excluding carboxylic acids is 1. The Morgan fingerprint density at radius 2 is 1.92 bits per heavy atom. The number of halogens is 2. The minimum Gasteiger partial charge on any atom is -0.462 e. The fraction of sp³-hybridized carbons (Fsp3) is 0.588. The van der Waals surface area contributed by atoms with Crippen LogP contribution in [0.25, 0.3) is 0 Å². The van der Waals surface area contributed by atoms with Gasteiger partial charge in [-0.25, -0.2) is 13.2 Å². The monoisotopic (exact) mass is 405 g/mol. The molecule has 5 nitrogen and oxygen atoms in total. The van der Waals surface area contributed by atoms with Crippen molar-refractivity contribution in [3.63, 3.8) is 0 Å². The number of aryl methyl sites for hydroxylation is 1. The zero-order chi connectivity index (χ0) is 18.2. The largest absolute Gasteiger partial charge is 0.462 e. The van der Waals surface area contributed by atoms with Crippen molar-refractivity contribution in [2.45, 2.75) is 41.8 Å². The molecule has 1 aliphatic heterocycles. The average Bonchev–Trinajstić information content (AvgIpc) is 3.20. The topological polar surface area (TPSA) is 63.7 Å². The van der Waals surface area contributed by atoms with E-state index in [1.165, 1.54) is 10.4 Å². The predicted molar refractivity (Wildman–Crippen MR) is 96.6 cm³/mol. The van der Waals surface area contributed by atoms with E-state index in [9.17, 15) is 13.2 Å². The molecule has 1 saturated carbocycles. The van der Waals surface area contributed by atoms with E-state index in [1.807, 2.05) is 0 Å². The first-order valence-corrected chi connectivity index (χ1v) is 10.6. The molecule has 1 atom stereocenters. The minimum absolute atomic E-state index is 0.0678. The molecular weight excluding hydrogens is 385 g/mol. The molecule has 0 spiro atoms. The lowest BCUT2D eigenvalue weighted by Crippen LogP contribution is -2.36. The molecule has 1 aromatic carbocycles. The van der Waals surface area contributed by atoms with Crippen LogP contribution in [-0.2, 0) is 14.8 Å². The summed E-state index contributed by atoms with van der Waals surface area (Å²) in [5.41, 5.74) is 0.835. The summed E-state index contributed by atoms with van der Waals surface area (Å²) in [5.74, 6) is -0.632. The first-order chi connectivity index (χ1) is 11.7. The van der Waals surface area contributed by atoms with E-state index in [-0.39, 0.29) is 23.0 Å². The Bertz CT molecular complexity index is 773. The normalized spacial score (nSPS) is 23.2. The van der Waals surface area contributed by atoms with E-state index >= 15 is 0 Å². The van der Waals surface area contributed by atoms with Crippen molar-refractivity contribution in [2.75, 3.05) is 19.7 Å². The summed E-state index contributed by atoms with van der Waals surface area (Å²) in [4.78, 5) is 12.4. The number of ether oxygens (including phenoxy) is 1. The highest BCUT2D eigenvalue weighted by molar-refractivity contribution is 7.89. The van der Waals surface area contributed by atoms with Gasteiger partial charge in [-0.15, -0.1) is 23.2 Å². The van der Waals surface area contributed by atoms with E-state index in [1.54, 1.807) is 19.1 Å². The Morgan fingerprint density at radius 3 is 2.52 bits per heavy atom. The fourth-order valence-corrected chi connectivity index (χ4v) is 5.23. The van der Waals surface area contributed by atoms with Crippen LogP contribution < -0.4 is 0 Å². The molecule has 0 N–H and O–H groups in total. The number of benzene rings is 1. The zero-order valence-corrected chi connectivity index (χ0v) is 16.3. The fourth-order valence-electron chi connectivity index (χ4n) is 2.96. The number of rotatable bonds is 5. The van der Waals surface area contributed by atoms with Crippen molar-refractivity contribution in [2.24, 2.45) is 5.92 Å². The van der Waals surface area contributed by atoms with Crippen LogP contribution in [0.2, 0.25) is 0 Å². The average molecular weight is 406 g/mol. The number of nitrogens with zero attached hydrogens (tertiary/aromatic N) is 1. The molecule has 1 aliphatic carbocycles. The molecule has 1 saturated heterocycles. The molecule has 0 unspecified atom stereocenters. The number of carbonyl (C=O) groups is 1. The van der Waals surface area contributed by atoms with Crippen molar-refractivity contribution >= 4 is 39.2 Å². The lowest BCUT2D eigenvalue weighted by atomic mass is 10.1. The van der Waals surface area contributed by atoms with E-state index < -0.39 is 20.3 Å². The summed E-state index contributed by atoms with van der Waals surface area (Å²) in [6, 6.07) is 4.62. The van der Waals surface area contributed by atoms with Gasteiger partial charge in [0, 0.05) is 19.0 Å². The van der Waals surface area contributed by atoms with Crippen molar-refractivity contribution in [1.29, 1.82) is 0 Å². The third-order valence-electron chi connectivity index (χ3n) is 4.73. The van der Waals surface area contributed by atoms with Crippen LogP contribution in [0.15, 0.2) is 23.1 Å². The van der Waals surface area contributed by atoms with Crippen LogP contribution in [0.4, 0.5) is 0 Å². The summed E-state index contributed by atoms with van der Waals surface area (Å²) in [7, 11) is -3.60. The molecule has 2 aliphatic rings. The molecule has 1 aromatic rings. The number of hydrogen-bond acceptors (Lipinski definition) is 4. The molecule has 0 amide bonds.